The van der Waals surface area contributed by atoms with E-state index in [-0.39, 0.29) is 30.0 Å². The number of halogens is 1. The smallest absolute Gasteiger partial charge is 0.233 e. The Labute approximate surface area is 130 Å². The molecule has 1 unspecified atom stereocenters. The first kappa shape index (κ1) is 16.3. The van der Waals surface area contributed by atoms with Gasteiger partial charge in [-0.15, -0.1) is 0 Å². The Morgan fingerprint density at radius 2 is 2.19 bits per heavy atom. The van der Waals surface area contributed by atoms with Gasteiger partial charge in [-0.3, -0.25) is 4.79 Å². The molecule has 0 saturated carbocycles. The predicted octanol–water partition coefficient (Wildman–Crippen LogP) is 0.775. The summed E-state index contributed by atoms with van der Waals surface area (Å²) in [5.74, 6) is 0.213. The normalized spacial score (nSPS) is 20.3. The summed E-state index contributed by atoms with van der Waals surface area (Å²) in [6.07, 6.45) is 1.29. The highest BCUT2D eigenvalue weighted by molar-refractivity contribution is 7.91. The monoisotopic (exact) mass is 330 g/mol. The van der Waals surface area contributed by atoms with Gasteiger partial charge >= 0.3 is 0 Å². The number of hydrogen-bond acceptors (Lipinski definition) is 4. The molecule has 0 aliphatic carbocycles. The SMILES string of the molecule is O=C(CNC1CCS(=O)(=O)C1)NCCc1cccc(Cl)c1. The molecule has 1 saturated heterocycles. The molecule has 1 atom stereocenters. The van der Waals surface area contributed by atoms with Crippen molar-refractivity contribution in [1.29, 1.82) is 0 Å². The number of rotatable bonds is 6. The number of carbonyl (C=O) groups excluding carboxylic acids is 1. The van der Waals surface area contributed by atoms with Crippen LogP contribution in [0, 0.1) is 0 Å². The highest BCUT2D eigenvalue weighted by Gasteiger charge is 2.27. The lowest BCUT2D eigenvalue weighted by Crippen LogP contribution is -2.40. The van der Waals surface area contributed by atoms with E-state index in [0.29, 0.717) is 24.4 Å². The molecule has 21 heavy (non-hydrogen) atoms. The van der Waals surface area contributed by atoms with E-state index in [0.717, 1.165) is 5.56 Å². The van der Waals surface area contributed by atoms with Crippen LogP contribution in [0.4, 0.5) is 0 Å². The van der Waals surface area contributed by atoms with E-state index in [4.69, 9.17) is 11.6 Å². The van der Waals surface area contributed by atoms with Crippen LogP contribution in [-0.4, -0.2) is 45.0 Å². The molecule has 0 bridgehead atoms. The number of hydrogen-bond donors (Lipinski definition) is 2. The summed E-state index contributed by atoms with van der Waals surface area (Å²) in [6, 6.07) is 7.41. The lowest BCUT2D eigenvalue weighted by atomic mass is 10.1. The van der Waals surface area contributed by atoms with Gasteiger partial charge in [0.25, 0.3) is 0 Å². The Morgan fingerprint density at radius 1 is 1.38 bits per heavy atom. The van der Waals surface area contributed by atoms with Crippen molar-refractivity contribution < 1.29 is 13.2 Å². The number of carbonyl (C=O) groups is 1. The van der Waals surface area contributed by atoms with Gasteiger partial charge in [-0.1, -0.05) is 23.7 Å². The Morgan fingerprint density at radius 3 is 2.86 bits per heavy atom. The van der Waals surface area contributed by atoms with Crippen molar-refractivity contribution in [2.75, 3.05) is 24.6 Å². The molecule has 1 aromatic rings. The fourth-order valence-corrected chi connectivity index (χ4v) is 4.22. The van der Waals surface area contributed by atoms with Crippen LogP contribution >= 0.6 is 11.6 Å². The molecule has 0 aromatic heterocycles. The Hall–Kier alpha value is -1.11. The van der Waals surface area contributed by atoms with Gasteiger partial charge in [-0.2, -0.15) is 0 Å². The summed E-state index contributed by atoms with van der Waals surface area (Å²) in [5.41, 5.74) is 1.07. The molecule has 2 N–H and O–H groups in total. The second-order valence-corrected chi connectivity index (χ2v) is 7.88. The van der Waals surface area contributed by atoms with Gasteiger partial charge in [-0.25, -0.2) is 8.42 Å². The van der Waals surface area contributed by atoms with E-state index < -0.39 is 9.84 Å². The van der Waals surface area contributed by atoms with E-state index >= 15 is 0 Å². The van der Waals surface area contributed by atoms with Gasteiger partial charge in [0.05, 0.1) is 18.1 Å². The zero-order valence-electron chi connectivity index (χ0n) is 11.6. The summed E-state index contributed by atoms with van der Waals surface area (Å²) < 4.78 is 22.6. The Bertz CT molecular complexity index is 604. The summed E-state index contributed by atoms with van der Waals surface area (Å²) in [5, 5.41) is 6.47. The average molecular weight is 331 g/mol. The lowest BCUT2D eigenvalue weighted by Gasteiger charge is -2.11. The third-order valence-electron chi connectivity index (χ3n) is 3.41. The first-order valence-electron chi connectivity index (χ1n) is 6.89. The molecule has 1 heterocycles. The first-order valence-corrected chi connectivity index (χ1v) is 9.09. The highest BCUT2D eigenvalue weighted by Crippen LogP contribution is 2.11. The van der Waals surface area contributed by atoms with E-state index in [9.17, 15) is 13.2 Å². The van der Waals surface area contributed by atoms with Crippen molar-refractivity contribution >= 4 is 27.3 Å². The minimum absolute atomic E-state index is 0.103. The van der Waals surface area contributed by atoms with E-state index in [2.05, 4.69) is 10.6 Å². The van der Waals surface area contributed by atoms with E-state index in [1.807, 2.05) is 24.3 Å². The third kappa shape index (κ3) is 5.65. The average Bonchev–Trinajstić information content (AvgIpc) is 2.76. The maximum Gasteiger partial charge on any atom is 0.233 e. The fourth-order valence-electron chi connectivity index (χ4n) is 2.29. The second-order valence-electron chi connectivity index (χ2n) is 5.21. The van der Waals surface area contributed by atoms with Crippen LogP contribution in [0.3, 0.4) is 0 Å². The molecule has 1 fully saturated rings. The van der Waals surface area contributed by atoms with Crippen molar-refractivity contribution in [3.63, 3.8) is 0 Å². The van der Waals surface area contributed by atoms with Crippen molar-refractivity contribution in [1.82, 2.24) is 10.6 Å². The van der Waals surface area contributed by atoms with Crippen LogP contribution < -0.4 is 10.6 Å². The number of nitrogens with one attached hydrogen (secondary N) is 2. The minimum Gasteiger partial charge on any atom is -0.355 e. The Kier molecular flexibility index (Phi) is 5.61. The van der Waals surface area contributed by atoms with Crippen molar-refractivity contribution in [3.8, 4) is 0 Å². The topological polar surface area (TPSA) is 75.3 Å². The van der Waals surface area contributed by atoms with Crippen LogP contribution in [0.2, 0.25) is 5.02 Å². The van der Waals surface area contributed by atoms with Crippen LogP contribution in [0.1, 0.15) is 12.0 Å². The maximum absolute atomic E-state index is 11.7. The fraction of sp³-hybridized carbons (Fsp3) is 0.500. The predicted molar refractivity (Wildman–Crippen MR) is 83.2 cm³/mol. The summed E-state index contributed by atoms with van der Waals surface area (Å²) >= 11 is 5.89. The molecule has 1 amide bonds. The van der Waals surface area contributed by atoms with Crippen molar-refractivity contribution in [2.45, 2.75) is 18.9 Å². The molecular weight excluding hydrogens is 312 g/mol. The van der Waals surface area contributed by atoms with Gasteiger partial charge in [0, 0.05) is 17.6 Å². The zero-order chi connectivity index (χ0) is 15.3. The van der Waals surface area contributed by atoms with Gasteiger partial charge < -0.3 is 10.6 Å². The Balaban J connectivity index is 1.64. The van der Waals surface area contributed by atoms with Crippen molar-refractivity contribution in [2.24, 2.45) is 0 Å². The lowest BCUT2D eigenvalue weighted by molar-refractivity contribution is -0.120. The van der Waals surface area contributed by atoms with Gasteiger partial charge in [0.2, 0.25) is 5.91 Å². The number of amides is 1. The van der Waals surface area contributed by atoms with E-state index in [1.54, 1.807) is 0 Å². The molecule has 0 radical (unpaired) electrons. The number of sulfone groups is 1. The van der Waals surface area contributed by atoms with Gasteiger partial charge in [0.15, 0.2) is 9.84 Å². The highest BCUT2D eigenvalue weighted by atomic mass is 35.5. The second kappa shape index (κ2) is 7.24. The molecule has 7 heteroatoms. The maximum atomic E-state index is 11.7. The van der Waals surface area contributed by atoms with Gasteiger partial charge in [0.1, 0.15) is 0 Å². The molecule has 5 nitrogen and oxygen atoms in total. The summed E-state index contributed by atoms with van der Waals surface area (Å²) in [7, 11) is -2.91. The largest absolute Gasteiger partial charge is 0.355 e. The molecule has 1 aliphatic rings. The molecule has 2 rings (SSSR count). The number of benzene rings is 1. The standard InChI is InChI=1S/C14H19ClN2O3S/c15-12-3-1-2-11(8-12)4-6-16-14(18)9-17-13-5-7-21(19,20)10-13/h1-3,8,13,17H,4-7,9-10H2,(H,16,18). The van der Waals surface area contributed by atoms with Crippen LogP contribution in [-0.2, 0) is 21.1 Å². The molecule has 116 valence electrons. The van der Waals surface area contributed by atoms with Gasteiger partial charge in [-0.05, 0) is 30.5 Å². The van der Waals surface area contributed by atoms with E-state index in [1.165, 1.54) is 0 Å². The summed E-state index contributed by atoms with van der Waals surface area (Å²) in [6.45, 7) is 0.680. The molecule has 0 spiro atoms. The molecule has 1 aliphatic heterocycles. The summed E-state index contributed by atoms with van der Waals surface area (Å²) in [4.78, 5) is 11.7. The van der Waals surface area contributed by atoms with Crippen LogP contribution in [0.15, 0.2) is 24.3 Å². The third-order valence-corrected chi connectivity index (χ3v) is 5.41. The van der Waals surface area contributed by atoms with Crippen LogP contribution in [0.5, 0.6) is 0 Å². The van der Waals surface area contributed by atoms with Crippen LogP contribution in [0.25, 0.3) is 0 Å². The van der Waals surface area contributed by atoms with Crippen molar-refractivity contribution in [3.05, 3.63) is 34.9 Å². The zero-order valence-corrected chi connectivity index (χ0v) is 13.2. The quantitative estimate of drug-likeness (QED) is 0.808. The molecule has 1 aromatic carbocycles. The minimum atomic E-state index is -2.91. The first-order chi connectivity index (χ1) is 9.94. The molecular formula is C14H19ClN2O3S.